The predicted molar refractivity (Wildman–Crippen MR) is 95.5 cm³/mol. The van der Waals surface area contributed by atoms with Crippen LogP contribution in [0.3, 0.4) is 0 Å². The minimum absolute atomic E-state index is 0.0942. The molecule has 0 aliphatic heterocycles. The van der Waals surface area contributed by atoms with Gasteiger partial charge in [-0.05, 0) is 42.8 Å². The number of hydrazone groups is 1. The molecule has 1 amide bonds. The van der Waals surface area contributed by atoms with E-state index in [1.54, 1.807) is 18.2 Å². The van der Waals surface area contributed by atoms with Gasteiger partial charge >= 0.3 is 0 Å². The summed E-state index contributed by atoms with van der Waals surface area (Å²) in [5.74, 6) is -0.117. The number of nitrogens with one attached hydrogen (secondary N) is 1. The Morgan fingerprint density at radius 3 is 2.71 bits per heavy atom. The van der Waals surface area contributed by atoms with Crippen LogP contribution in [0.2, 0.25) is 15.1 Å². The molecule has 126 valence electrons. The first-order valence-electron chi connectivity index (χ1n) is 6.75. The van der Waals surface area contributed by atoms with Crippen molar-refractivity contribution in [2.75, 3.05) is 6.61 Å². The van der Waals surface area contributed by atoms with E-state index in [2.05, 4.69) is 10.5 Å². The van der Waals surface area contributed by atoms with Gasteiger partial charge in [0.15, 0.2) is 6.61 Å². The molecule has 0 saturated carbocycles. The highest BCUT2D eigenvalue weighted by Gasteiger charge is 2.07. The van der Waals surface area contributed by atoms with Crippen LogP contribution in [0.4, 0.5) is 0 Å². The third-order valence-electron chi connectivity index (χ3n) is 2.95. The molecule has 0 aromatic heterocycles. The molecule has 0 aliphatic rings. The largest absolute Gasteiger partial charge is 0.506 e. The molecule has 0 aliphatic carbocycles. The Labute approximate surface area is 153 Å². The second-order valence-corrected chi connectivity index (χ2v) is 6.07. The SMILES string of the molecule is Cc1cc(OCC(=O)N/N=C\c2cc(Cl)cc(Cl)c2O)ccc1Cl. The first-order chi connectivity index (χ1) is 11.4. The number of hydrogen-bond donors (Lipinski definition) is 2. The molecule has 0 radical (unpaired) electrons. The second-order valence-electron chi connectivity index (χ2n) is 4.82. The molecule has 8 heteroatoms. The van der Waals surface area contributed by atoms with Crippen molar-refractivity contribution < 1.29 is 14.6 Å². The van der Waals surface area contributed by atoms with Gasteiger partial charge in [0.25, 0.3) is 5.91 Å². The average molecular weight is 388 g/mol. The summed E-state index contributed by atoms with van der Waals surface area (Å²) in [6.07, 6.45) is 1.23. The number of hydrogen-bond acceptors (Lipinski definition) is 4. The molecule has 0 bridgehead atoms. The maximum Gasteiger partial charge on any atom is 0.277 e. The van der Waals surface area contributed by atoms with Gasteiger partial charge in [0.1, 0.15) is 11.5 Å². The van der Waals surface area contributed by atoms with Crippen molar-refractivity contribution in [1.29, 1.82) is 0 Å². The quantitative estimate of drug-likeness (QED) is 0.597. The van der Waals surface area contributed by atoms with Gasteiger partial charge in [0.2, 0.25) is 0 Å². The molecule has 2 aromatic rings. The number of carbonyl (C=O) groups is 1. The third kappa shape index (κ3) is 5.03. The Bertz CT molecular complexity index is 794. The van der Waals surface area contributed by atoms with Crippen LogP contribution in [0.5, 0.6) is 11.5 Å². The van der Waals surface area contributed by atoms with Gasteiger partial charge in [0, 0.05) is 15.6 Å². The fraction of sp³-hybridized carbons (Fsp3) is 0.125. The number of benzene rings is 2. The summed E-state index contributed by atoms with van der Waals surface area (Å²) in [7, 11) is 0. The molecule has 0 heterocycles. The lowest BCUT2D eigenvalue weighted by Gasteiger charge is -2.06. The summed E-state index contributed by atoms with van der Waals surface area (Å²) in [6, 6.07) is 7.94. The van der Waals surface area contributed by atoms with Crippen LogP contribution in [0.15, 0.2) is 35.4 Å². The molecule has 0 fully saturated rings. The lowest BCUT2D eigenvalue weighted by atomic mass is 10.2. The molecule has 24 heavy (non-hydrogen) atoms. The Hall–Kier alpha value is -1.95. The number of aromatic hydroxyl groups is 1. The van der Waals surface area contributed by atoms with E-state index in [1.807, 2.05) is 6.92 Å². The number of aryl methyl sites for hydroxylation is 1. The van der Waals surface area contributed by atoms with Crippen molar-refractivity contribution in [3.05, 3.63) is 56.5 Å². The van der Waals surface area contributed by atoms with Crippen molar-refractivity contribution in [3.63, 3.8) is 0 Å². The normalized spacial score (nSPS) is 10.8. The zero-order valence-corrected chi connectivity index (χ0v) is 14.8. The van der Waals surface area contributed by atoms with Gasteiger partial charge in [-0.2, -0.15) is 5.10 Å². The maximum atomic E-state index is 11.7. The smallest absolute Gasteiger partial charge is 0.277 e. The molecule has 0 unspecified atom stereocenters. The van der Waals surface area contributed by atoms with Gasteiger partial charge in [0.05, 0.1) is 11.2 Å². The zero-order valence-electron chi connectivity index (χ0n) is 12.5. The predicted octanol–water partition coefficient (Wildman–Crippen LogP) is 4.19. The van der Waals surface area contributed by atoms with Gasteiger partial charge in [-0.3, -0.25) is 4.79 Å². The Morgan fingerprint density at radius 1 is 1.25 bits per heavy atom. The van der Waals surface area contributed by atoms with Gasteiger partial charge < -0.3 is 9.84 Å². The van der Waals surface area contributed by atoms with E-state index in [9.17, 15) is 9.90 Å². The van der Waals surface area contributed by atoms with Crippen LogP contribution in [-0.2, 0) is 4.79 Å². The first-order valence-corrected chi connectivity index (χ1v) is 7.89. The van der Waals surface area contributed by atoms with E-state index in [0.29, 0.717) is 15.8 Å². The summed E-state index contributed by atoms with van der Waals surface area (Å²) in [5, 5.41) is 14.5. The fourth-order valence-corrected chi connectivity index (χ4v) is 2.37. The molecule has 2 N–H and O–H groups in total. The van der Waals surface area contributed by atoms with E-state index in [-0.39, 0.29) is 22.9 Å². The van der Waals surface area contributed by atoms with E-state index >= 15 is 0 Å². The zero-order chi connectivity index (χ0) is 17.7. The molecule has 2 aromatic carbocycles. The Morgan fingerprint density at radius 2 is 2.00 bits per heavy atom. The van der Waals surface area contributed by atoms with Crippen molar-refractivity contribution in [2.45, 2.75) is 6.92 Å². The van der Waals surface area contributed by atoms with E-state index in [1.165, 1.54) is 18.3 Å². The standard InChI is InChI=1S/C16H13Cl3N2O3/c1-9-4-12(2-3-13(9)18)24-8-15(22)21-20-7-10-5-11(17)6-14(19)16(10)23/h2-7,23H,8H2,1H3,(H,21,22)/b20-7-. The minimum Gasteiger partial charge on any atom is -0.506 e. The molecule has 2 rings (SSSR count). The monoisotopic (exact) mass is 386 g/mol. The number of rotatable bonds is 5. The number of phenolic OH excluding ortho intramolecular Hbond substituents is 1. The first kappa shape index (κ1) is 18.4. The number of carbonyl (C=O) groups excluding carboxylic acids is 1. The number of phenols is 1. The van der Waals surface area contributed by atoms with E-state index in [4.69, 9.17) is 39.5 Å². The maximum absolute atomic E-state index is 11.7. The van der Waals surface area contributed by atoms with Crippen molar-refractivity contribution in [1.82, 2.24) is 5.43 Å². The molecular formula is C16H13Cl3N2O3. The molecule has 0 spiro atoms. The van der Waals surface area contributed by atoms with Crippen LogP contribution in [0, 0.1) is 6.92 Å². The summed E-state index contributed by atoms with van der Waals surface area (Å²) in [5.41, 5.74) is 3.40. The molecule has 5 nitrogen and oxygen atoms in total. The second kappa shape index (κ2) is 8.24. The number of nitrogens with zero attached hydrogens (tertiary/aromatic N) is 1. The Kier molecular flexibility index (Phi) is 6.31. The topological polar surface area (TPSA) is 70.9 Å². The third-order valence-corrected chi connectivity index (χ3v) is 3.88. The summed E-state index contributed by atoms with van der Waals surface area (Å²) < 4.78 is 5.33. The van der Waals surface area contributed by atoms with Crippen LogP contribution in [0.25, 0.3) is 0 Å². The molecule has 0 saturated heterocycles. The fourth-order valence-electron chi connectivity index (χ4n) is 1.75. The van der Waals surface area contributed by atoms with Crippen LogP contribution >= 0.6 is 34.8 Å². The summed E-state index contributed by atoms with van der Waals surface area (Å²) >= 11 is 17.5. The van der Waals surface area contributed by atoms with E-state index in [0.717, 1.165) is 5.56 Å². The van der Waals surface area contributed by atoms with Crippen LogP contribution in [-0.4, -0.2) is 23.8 Å². The molecule has 0 atom stereocenters. The molecular weight excluding hydrogens is 375 g/mol. The number of halogens is 3. The lowest BCUT2D eigenvalue weighted by molar-refractivity contribution is -0.123. The average Bonchev–Trinajstić information content (AvgIpc) is 2.53. The Balaban J connectivity index is 1.90. The van der Waals surface area contributed by atoms with Crippen molar-refractivity contribution in [2.24, 2.45) is 5.10 Å². The highest BCUT2D eigenvalue weighted by atomic mass is 35.5. The summed E-state index contributed by atoms with van der Waals surface area (Å²) in [6.45, 7) is 1.61. The number of ether oxygens (including phenoxy) is 1. The summed E-state index contributed by atoms with van der Waals surface area (Å²) in [4.78, 5) is 11.7. The van der Waals surface area contributed by atoms with Crippen molar-refractivity contribution in [3.8, 4) is 11.5 Å². The van der Waals surface area contributed by atoms with Gasteiger partial charge in [-0.15, -0.1) is 0 Å². The number of amides is 1. The van der Waals surface area contributed by atoms with E-state index < -0.39 is 5.91 Å². The highest BCUT2D eigenvalue weighted by Crippen LogP contribution is 2.29. The van der Waals surface area contributed by atoms with Gasteiger partial charge in [-0.25, -0.2) is 5.43 Å². The van der Waals surface area contributed by atoms with Gasteiger partial charge in [-0.1, -0.05) is 34.8 Å². The van der Waals surface area contributed by atoms with Crippen LogP contribution in [0.1, 0.15) is 11.1 Å². The van der Waals surface area contributed by atoms with Crippen LogP contribution < -0.4 is 10.2 Å². The van der Waals surface area contributed by atoms with Crippen molar-refractivity contribution >= 4 is 46.9 Å². The minimum atomic E-state index is -0.466. The highest BCUT2D eigenvalue weighted by molar-refractivity contribution is 6.36. The lowest BCUT2D eigenvalue weighted by Crippen LogP contribution is -2.24.